The first-order valence-corrected chi connectivity index (χ1v) is 5.09. The van der Waals surface area contributed by atoms with Crippen molar-refractivity contribution in [3.8, 4) is 0 Å². The largest absolute Gasteiger partial charge is 0.351 e. The van der Waals surface area contributed by atoms with Crippen LogP contribution in [-0.2, 0) is 0 Å². The minimum absolute atomic E-state index is 0.410. The van der Waals surface area contributed by atoms with Crippen molar-refractivity contribution in [3.63, 3.8) is 0 Å². The molecule has 15 heavy (non-hydrogen) atoms. The number of rotatable bonds is 0. The van der Waals surface area contributed by atoms with Gasteiger partial charge in [-0.25, -0.2) is 9.97 Å². The standard InChI is InChI=1S/C10H5Cl2N3/c11-5-2-1-3-6-7(5)8-9(15-6)10(12)14-4-13-8/h1-4,15H. The van der Waals surface area contributed by atoms with E-state index in [1.807, 2.05) is 18.2 Å². The van der Waals surface area contributed by atoms with Gasteiger partial charge in [0.2, 0.25) is 0 Å². The van der Waals surface area contributed by atoms with Crippen molar-refractivity contribution in [2.75, 3.05) is 0 Å². The molecule has 0 aliphatic heterocycles. The fourth-order valence-corrected chi connectivity index (χ4v) is 2.11. The molecule has 3 rings (SSSR count). The highest BCUT2D eigenvalue weighted by atomic mass is 35.5. The van der Waals surface area contributed by atoms with Crippen LogP contribution in [0.25, 0.3) is 21.9 Å². The summed E-state index contributed by atoms with van der Waals surface area (Å²) in [5, 5.41) is 1.96. The molecule has 0 aliphatic carbocycles. The number of nitrogens with one attached hydrogen (secondary N) is 1. The minimum Gasteiger partial charge on any atom is -0.351 e. The molecule has 0 amide bonds. The summed E-state index contributed by atoms with van der Waals surface area (Å²) in [4.78, 5) is 11.2. The Labute approximate surface area is 95.0 Å². The highest BCUT2D eigenvalue weighted by molar-refractivity contribution is 6.39. The average molecular weight is 238 g/mol. The first-order valence-electron chi connectivity index (χ1n) is 4.34. The van der Waals surface area contributed by atoms with E-state index >= 15 is 0 Å². The van der Waals surface area contributed by atoms with Gasteiger partial charge < -0.3 is 4.98 Å². The summed E-state index contributed by atoms with van der Waals surface area (Å²) in [7, 11) is 0. The van der Waals surface area contributed by atoms with Crippen LogP contribution in [-0.4, -0.2) is 15.0 Å². The van der Waals surface area contributed by atoms with Crippen LogP contribution in [0.15, 0.2) is 24.5 Å². The van der Waals surface area contributed by atoms with E-state index in [1.54, 1.807) is 0 Å². The second kappa shape index (κ2) is 3.08. The van der Waals surface area contributed by atoms with Gasteiger partial charge >= 0.3 is 0 Å². The van der Waals surface area contributed by atoms with Crippen molar-refractivity contribution >= 4 is 45.1 Å². The van der Waals surface area contributed by atoms with E-state index in [-0.39, 0.29) is 0 Å². The second-order valence-electron chi connectivity index (χ2n) is 3.18. The maximum absolute atomic E-state index is 6.11. The first kappa shape index (κ1) is 8.95. The maximum atomic E-state index is 6.11. The Kier molecular flexibility index (Phi) is 1.84. The van der Waals surface area contributed by atoms with Crippen molar-refractivity contribution < 1.29 is 0 Å². The van der Waals surface area contributed by atoms with Crippen molar-refractivity contribution in [2.24, 2.45) is 0 Å². The SMILES string of the molecule is Clc1ncnc2c1[nH]c1cccc(Cl)c12. The van der Waals surface area contributed by atoms with E-state index < -0.39 is 0 Å². The smallest absolute Gasteiger partial charge is 0.156 e. The minimum atomic E-state index is 0.410. The third-order valence-corrected chi connectivity index (χ3v) is 2.91. The van der Waals surface area contributed by atoms with Crippen LogP contribution in [0, 0.1) is 0 Å². The molecule has 3 nitrogen and oxygen atoms in total. The predicted molar refractivity (Wildman–Crippen MR) is 61.4 cm³/mol. The molecule has 0 radical (unpaired) electrons. The summed E-state index contributed by atoms with van der Waals surface area (Å²) in [6, 6.07) is 5.63. The molecule has 0 unspecified atom stereocenters. The van der Waals surface area contributed by atoms with Gasteiger partial charge in [-0.1, -0.05) is 29.3 Å². The average Bonchev–Trinajstić information content (AvgIpc) is 2.59. The van der Waals surface area contributed by atoms with E-state index in [0.29, 0.717) is 10.2 Å². The Morgan fingerprint density at radius 3 is 2.87 bits per heavy atom. The van der Waals surface area contributed by atoms with E-state index in [9.17, 15) is 0 Å². The molecule has 1 N–H and O–H groups in total. The molecule has 2 heterocycles. The van der Waals surface area contributed by atoms with Gasteiger partial charge in [0.05, 0.1) is 5.02 Å². The van der Waals surface area contributed by atoms with E-state index in [4.69, 9.17) is 23.2 Å². The number of benzene rings is 1. The number of H-pyrrole nitrogens is 1. The zero-order chi connectivity index (χ0) is 10.4. The Morgan fingerprint density at radius 1 is 1.13 bits per heavy atom. The van der Waals surface area contributed by atoms with Crippen molar-refractivity contribution in [1.29, 1.82) is 0 Å². The molecule has 0 saturated heterocycles. The lowest BCUT2D eigenvalue weighted by atomic mass is 10.2. The lowest BCUT2D eigenvalue weighted by Gasteiger charge is -1.93. The predicted octanol–water partition coefficient (Wildman–Crippen LogP) is 3.42. The number of fused-ring (bicyclic) bond motifs is 3. The molecule has 0 spiro atoms. The molecule has 2 aromatic heterocycles. The van der Waals surface area contributed by atoms with Crippen molar-refractivity contribution in [3.05, 3.63) is 34.7 Å². The Morgan fingerprint density at radius 2 is 2.00 bits per heavy atom. The van der Waals surface area contributed by atoms with Crippen LogP contribution in [0.4, 0.5) is 0 Å². The molecular formula is C10H5Cl2N3. The van der Waals surface area contributed by atoms with Gasteiger partial charge in [0.1, 0.15) is 17.4 Å². The Balaban J connectivity index is 2.65. The monoisotopic (exact) mass is 237 g/mol. The van der Waals surface area contributed by atoms with Crippen molar-refractivity contribution in [2.45, 2.75) is 0 Å². The fourth-order valence-electron chi connectivity index (χ4n) is 1.67. The fraction of sp³-hybridized carbons (Fsp3) is 0. The zero-order valence-electron chi connectivity index (χ0n) is 7.46. The lowest BCUT2D eigenvalue weighted by Crippen LogP contribution is -1.80. The van der Waals surface area contributed by atoms with Gasteiger partial charge in [0, 0.05) is 10.9 Å². The molecule has 0 saturated carbocycles. The highest BCUT2D eigenvalue weighted by Crippen LogP contribution is 2.31. The number of aromatic nitrogens is 3. The molecule has 74 valence electrons. The van der Waals surface area contributed by atoms with E-state index in [2.05, 4.69) is 15.0 Å². The van der Waals surface area contributed by atoms with E-state index in [1.165, 1.54) is 6.33 Å². The summed E-state index contributed by atoms with van der Waals surface area (Å²) in [6.45, 7) is 0. The molecular weight excluding hydrogens is 233 g/mol. The summed E-state index contributed by atoms with van der Waals surface area (Å²) < 4.78 is 0. The number of halogens is 2. The number of hydrogen-bond donors (Lipinski definition) is 1. The zero-order valence-corrected chi connectivity index (χ0v) is 8.97. The first-order chi connectivity index (χ1) is 7.27. The molecule has 0 atom stereocenters. The van der Waals surface area contributed by atoms with Gasteiger partial charge in [-0.3, -0.25) is 0 Å². The topological polar surface area (TPSA) is 41.6 Å². The van der Waals surface area contributed by atoms with Crippen LogP contribution in [0.3, 0.4) is 0 Å². The van der Waals surface area contributed by atoms with Crippen molar-refractivity contribution in [1.82, 2.24) is 15.0 Å². The van der Waals surface area contributed by atoms with Crippen LogP contribution in [0.2, 0.25) is 10.2 Å². The van der Waals surface area contributed by atoms with Gasteiger partial charge in [0.15, 0.2) is 5.15 Å². The molecule has 3 aromatic rings. The quantitative estimate of drug-likeness (QED) is 0.609. The Hall–Kier alpha value is -1.32. The van der Waals surface area contributed by atoms with E-state index in [0.717, 1.165) is 21.9 Å². The molecule has 0 fully saturated rings. The van der Waals surface area contributed by atoms with Gasteiger partial charge in [0.25, 0.3) is 0 Å². The summed E-state index contributed by atoms with van der Waals surface area (Å²) in [6.07, 6.45) is 1.43. The Bertz CT molecular complexity index is 660. The number of nitrogens with zero attached hydrogens (tertiary/aromatic N) is 2. The lowest BCUT2D eigenvalue weighted by molar-refractivity contribution is 1.22. The third-order valence-electron chi connectivity index (χ3n) is 2.31. The highest BCUT2D eigenvalue weighted by Gasteiger charge is 2.10. The normalized spacial score (nSPS) is 11.3. The molecule has 1 aromatic carbocycles. The van der Waals surface area contributed by atoms with Crippen LogP contribution in [0.5, 0.6) is 0 Å². The molecule has 0 aliphatic rings. The van der Waals surface area contributed by atoms with Gasteiger partial charge in [-0.05, 0) is 12.1 Å². The number of hydrogen-bond acceptors (Lipinski definition) is 2. The van der Waals surface area contributed by atoms with Gasteiger partial charge in [-0.2, -0.15) is 0 Å². The van der Waals surface area contributed by atoms with Gasteiger partial charge in [-0.15, -0.1) is 0 Å². The van der Waals surface area contributed by atoms with Crippen LogP contribution in [0.1, 0.15) is 0 Å². The molecule has 5 heteroatoms. The second-order valence-corrected chi connectivity index (χ2v) is 3.94. The molecule has 0 bridgehead atoms. The summed E-state index contributed by atoms with van der Waals surface area (Å²) >= 11 is 12.1. The third kappa shape index (κ3) is 1.20. The summed E-state index contributed by atoms with van der Waals surface area (Å²) in [5.41, 5.74) is 2.40. The number of aromatic amines is 1. The summed E-state index contributed by atoms with van der Waals surface area (Å²) in [5.74, 6) is 0. The maximum Gasteiger partial charge on any atom is 0.156 e. The van der Waals surface area contributed by atoms with Crippen LogP contribution < -0.4 is 0 Å². The van der Waals surface area contributed by atoms with Crippen LogP contribution >= 0.6 is 23.2 Å².